The van der Waals surface area contributed by atoms with Crippen molar-refractivity contribution >= 4 is 5.96 Å². The molecule has 2 aromatic heterocycles. The molecule has 0 radical (unpaired) electrons. The molecule has 2 rings (SSSR count). The summed E-state index contributed by atoms with van der Waals surface area (Å²) in [5.74, 6) is 2.41. The number of guanidine groups is 1. The molecular formula is C18H28N6. The minimum Gasteiger partial charge on any atom is -0.357 e. The van der Waals surface area contributed by atoms with Gasteiger partial charge < -0.3 is 10.6 Å². The van der Waals surface area contributed by atoms with E-state index in [9.17, 15) is 0 Å². The molecule has 2 N–H and O–H groups in total. The van der Waals surface area contributed by atoms with E-state index in [0.717, 1.165) is 42.8 Å². The standard InChI is InChI=1S/C18H28N6/c1-4-19-18(21-9-5-7-15(2)3)22-14-16-8-11-20-17(13-16)24-12-6-10-23-24/h6,8,10-13,15H,4-5,7,9,14H2,1-3H3,(H2,19,21,22). The minimum absolute atomic E-state index is 0.607. The number of hydrogen-bond donors (Lipinski definition) is 2. The van der Waals surface area contributed by atoms with Crippen molar-refractivity contribution in [3.8, 4) is 5.82 Å². The van der Waals surface area contributed by atoms with Crippen molar-refractivity contribution in [1.82, 2.24) is 25.4 Å². The second-order valence-corrected chi connectivity index (χ2v) is 6.13. The van der Waals surface area contributed by atoms with E-state index < -0.39 is 0 Å². The summed E-state index contributed by atoms with van der Waals surface area (Å²) in [6.45, 7) is 8.98. The largest absolute Gasteiger partial charge is 0.357 e. The Morgan fingerprint density at radius 2 is 2.17 bits per heavy atom. The SMILES string of the molecule is CCNC(=NCc1ccnc(-n2cccn2)c1)NCCCC(C)C. The third-order valence-electron chi connectivity index (χ3n) is 3.56. The van der Waals surface area contributed by atoms with E-state index in [-0.39, 0.29) is 0 Å². The monoisotopic (exact) mass is 328 g/mol. The maximum absolute atomic E-state index is 4.66. The summed E-state index contributed by atoms with van der Waals surface area (Å²) in [4.78, 5) is 9.00. The Hall–Kier alpha value is -2.37. The van der Waals surface area contributed by atoms with Gasteiger partial charge in [0.05, 0.1) is 6.54 Å². The van der Waals surface area contributed by atoms with Gasteiger partial charge in [-0.15, -0.1) is 0 Å². The zero-order valence-electron chi connectivity index (χ0n) is 14.9. The highest BCUT2D eigenvalue weighted by atomic mass is 15.3. The van der Waals surface area contributed by atoms with Crippen molar-refractivity contribution in [3.63, 3.8) is 0 Å². The topological polar surface area (TPSA) is 67.1 Å². The second-order valence-electron chi connectivity index (χ2n) is 6.13. The summed E-state index contributed by atoms with van der Waals surface area (Å²) in [7, 11) is 0. The summed E-state index contributed by atoms with van der Waals surface area (Å²) in [6, 6.07) is 5.88. The lowest BCUT2D eigenvalue weighted by Gasteiger charge is -2.12. The van der Waals surface area contributed by atoms with Gasteiger partial charge in [-0.3, -0.25) is 0 Å². The van der Waals surface area contributed by atoms with Crippen LogP contribution in [0.15, 0.2) is 41.8 Å². The molecule has 0 aliphatic rings. The molecule has 130 valence electrons. The van der Waals surface area contributed by atoms with Crippen molar-refractivity contribution in [2.75, 3.05) is 13.1 Å². The third-order valence-corrected chi connectivity index (χ3v) is 3.56. The second kappa shape index (κ2) is 9.70. The van der Waals surface area contributed by atoms with Crippen LogP contribution in [0.3, 0.4) is 0 Å². The number of nitrogens with zero attached hydrogens (tertiary/aromatic N) is 4. The zero-order chi connectivity index (χ0) is 17.2. The van der Waals surface area contributed by atoms with Crippen molar-refractivity contribution in [3.05, 3.63) is 42.4 Å². The lowest BCUT2D eigenvalue weighted by molar-refractivity contribution is 0.549. The maximum atomic E-state index is 4.66. The molecule has 0 aliphatic heterocycles. The smallest absolute Gasteiger partial charge is 0.191 e. The molecule has 0 aliphatic carbocycles. The quantitative estimate of drug-likeness (QED) is 0.444. The molecule has 0 unspecified atom stereocenters. The summed E-state index contributed by atoms with van der Waals surface area (Å²) >= 11 is 0. The number of aromatic nitrogens is 3. The lowest BCUT2D eigenvalue weighted by Crippen LogP contribution is -2.37. The number of nitrogens with one attached hydrogen (secondary N) is 2. The van der Waals surface area contributed by atoms with Crippen LogP contribution in [0.2, 0.25) is 0 Å². The Labute approximate surface area is 144 Å². The molecule has 6 nitrogen and oxygen atoms in total. The van der Waals surface area contributed by atoms with E-state index in [4.69, 9.17) is 0 Å². The van der Waals surface area contributed by atoms with Crippen LogP contribution in [0.25, 0.3) is 5.82 Å². The van der Waals surface area contributed by atoms with Crippen LogP contribution in [0.1, 0.15) is 39.2 Å². The molecule has 0 bridgehead atoms. The Morgan fingerprint density at radius 3 is 2.88 bits per heavy atom. The van der Waals surface area contributed by atoms with E-state index in [1.54, 1.807) is 17.1 Å². The first-order valence-corrected chi connectivity index (χ1v) is 8.66. The first kappa shape index (κ1) is 18.0. The Morgan fingerprint density at radius 1 is 1.29 bits per heavy atom. The summed E-state index contributed by atoms with van der Waals surface area (Å²) in [5.41, 5.74) is 1.11. The molecule has 0 atom stereocenters. The first-order chi connectivity index (χ1) is 11.7. The van der Waals surface area contributed by atoms with E-state index >= 15 is 0 Å². The molecular weight excluding hydrogens is 300 g/mol. The highest BCUT2D eigenvalue weighted by Crippen LogP contribution is 2.07. The fourth-order valence-electron chi connectivity index (χ4n) is 2.32. The van der Waals surface area contributed by atoms with Crippen LogP contribution >= 0.6 is 0 Å². The van der Waals surface area contributed by atoms with E-state index in [1.807, 2.05) is 24.4 Å². The van der Waals surface area contributed by atoms with Crippen molar-refractivity contribution < 1.29 is 0 Å². The maximum Gasteiger partial charge on any atom is 0.191 e. The predicted molar refractivity (Wildman–Crippen MR) is 98.2 cm³/mol. The van der Waals surface area contributed by atoms with Gasteiger partial charge in [0.1, 0.15) is 0 Å². The molecule has 0 spiro atoms. The Balaban J connectivity index is 1.94. The Bertz CT molecular complexity index is 618. The highest BCUT2D eigenvalue weighted by molar-refractivity contribution is 5.79. The molecule has 0 saturated heterocycles. The molecule has 24 heavy (non-hydrogen) atoms. The van der Waals surface area contributed by atoms with Gasteiger partial charge in [-0.2, -0.15) is 5.10 Å². The van der Waals surface area contributed by atoms with Crippen LogP contribution in [0, 0.1) is 5.92 Å². The van der Waals surface area contributed by atoms with Gasteiger partial charge in [0.15, 0.2) is 11.8 Å². The van der Waals surface area contributed by atoms with Gasteiger partial charge in [0, 0.05) is 31.7 Å². The summed E-state index contributed by atoms with van der Waals surface area (Å²) in [5, 5.41) is 10.9. The lowest BCUT2D eigenvalue weighted by atomic mass is 10.1. The van der Waals surface area contributed by atoms with Gasteiger partial charge in [-0.25, -0.2) is 14.7 Å². The number of rotatable bonds is 8. The van der Waals surface area contributed by atoms with Crippen molar-refractivity contribution in [2.24, 2.45) is 10.9 Å². The average molecular weight is 328 g/mol. The molecule has 6 heteroatoms. The molecule has 0 fully saturated rings. The predicted octanol–water partition coefficient (Wildman–Crippen LogP) is 2.76. The van der Waals surface area contributed by atoms with Crippen LogP contribution in [0.4, 0.5) is 0 Å². The number of hydrogen-bond acceptors (Lipinski definition) is 3. The summed E-state index contributed by atoms with van der Waals surface area (Å²) in [6.07, 6.45) is 7.81. The fraction of sp³-hybridized carbons (Fsp3) is 0.500. The molecule has 2 heterocycles. The van der Waals surface area contributed by atoms with Gasteiger partial charge in [0.2, 0.25) is 0 Å². The molecule has 0 saturated carbocycles. The van der Waals surface area contributed by atoms with Crippen LogP contribution in [-0.4, -0.2) is 33.8 Å². The number of pyridine rings is 1. The normalized spacial score (nSPS) is 11.8. The van der Waals surface area contributed by atoms with E-state index in [1.165, 1.54) is 6.42 Å². The molecule has 0 amide bonds. The van der Waals surface area contributed by atoms with Crippen molar-refractivity contribution in [1.29, 1.82) is 0 Å². The van der Waals surface area contributed by atoms with Gasteiger partial charge >= 0.3 is 0 Å². The Kier molecular flexibility index (Phi) is 7.26. The van der Waals surface area contributed by atoms with Gasteiger partial charge in [0.25, 0.3) is 0 Å². The van der Waals surface area contributed by atoms with Gasteiger partial charge in [-0.1, -0.05) is 13.8 Å². The first-order valence-electron chi connectivity index (χ1n) is 8.66. The van der Waals surface area contributed by atoms with E-state index in [0.29, 0.717) is 6.54 Å². The van der Waals surface area contributed by atoms with Gasteiger partial charge in [-0.05, 0) is 49.4 Å². The van der Waals surface area contributed by atoms with Crippen LogP contribution < -0.4 is 10.6 Å². The van der Waals surface area contributed by atoms with Crippen molar-refractivity contribution in [2.45, 2.75) is 40.2 Å². The minimum atomic E-state index is 0.607. The molecule has 2 aromatic rings. The van der Waals surface area contributed by atoms with Crippen LogP contribution in [0.5, 0.6) is 0 Å². The number of aliphatic imine (C=N–C) groups is 1. The zero-order valence-corrected chi connectivity index (χ0v) is 14.9. The molecule has 0 aromatic carbocycles. The average Bonchev–Trinajstić information content (AvgIpc) is 3.11. The fourth-order valence-corrected chi connectivity index (χ4v) is 2.32. The summed E-state index contributed by atoms with van der Waals surface area (Å²) < 4.78 is 1.75. The third kappa shape index (κ3) is 6.02. The van der Waals surface area contributed by atoms with Crippen LogP contribution in [-0.2, 0) is 6.54 Å². The van der Waals surface area contributed by atoms with E-state index in [2.05, 4.69) is 46.5 Å². The highest BCUT2D eigenvalue weighted by Gasteiger charge is 2.01.